The first-order valence-electron chi connectivity index (χ1n) is 7.78. The first-order valence-corrected chi connectivity index (χ1v) is 7.78. The molecule has 1 aromatic heterocycles. The molecule has 23 heavy (non-hydrogen) atoms. The molecule has 0 radical (unpaired) electrons. The average Bonchev–Trinajstić information content (AvgIpc) is 3.10. The molecule has 0 aliphatic carbocycles. The molecule has 1 aliphatic heterocycles. The van der Waals surface area contributed by atoms with Gasteiger partial charge in [0.25, 0.3) is 0 Å². The van der Waals surface area contributed by atoms with Crippen molar-refractivity contribution in [1.29, 1.82) is 0 Å². The predicted molar refractivity (Wildman–Crippen MR) is 89.5 cm³/mol. The van der Waals surface area contributed by atoms with E-state index in [0.29, 0.717) is 12.4 Å². The molecule has 1 N–H and O–H groups in total. The Hall–Kier alpha value is -2.41. The van der Waals surface area contributed by atoms with Gasteiger partial charge in [0.2, 0.25) is 5.82 Å². The third-order valence-electron chi connectivity index (χ3n) is 3.87. The SMILES string of the molecule is CN(C)c1cccc(OCCN2CCC=C(c3nn[nH]n3)C2)c1. The van der Waals surface area contributed by atoms with Crippen LogP contribution in [-0.4, -0.2) is 65.9 Å². The Morgan fingerprint density at radius 3 is 3.04 bits per heavy atom. The molecule has 3 rings (SSSR count). The van der Waals surface area contributed by atoms with Gasteiger partial charge in [0.05, 0.1) is 0 Å². The van der Waals surface area contributed by atoms with Crippen molar-refractivity contribution in [2.75, 3.05) is 45.2 Å². The van der Waals surface area contributed by atoms with E-state index < -0.39 is 0 Å². The second-order valence-electron chi connectivity index (χ2n) is 5.77. The highest BCUT2D eigenvalue weighted by Gasteiger charge is 2.16. The highest BCUT2D eigenvalue weighted by Crippen LogP contribution is 2.20. The van der Waals surface area contributed by atoms with Crippen LogP contribution in [0.1, 0.15) is 12.2 Å². The van der Waals surface area contributed by atoms with Crippen molar-refractivity contribution in [3.05, 3.63) is 36.2 Å². The molecular formula is C16H22N6O. The monoisotopic (exact) mass is 314 g/mol. The van der Waals surface area contributed by atoms with E-state index in [-0.39, 0.29) is 0 Å². The van der Waals surface area contributed by atoms with Crippen LogP contribution in [-0.2, 0) is 0 Å². The third kappa shape index (κ3) is 4.07. The van der Waals surface area contributed by atoms with Gasteiger partial charge in [-0.1, -0.05) is 12.1 Å². The predicted octanol–water partition coefficient (Wildman–Crippen LogP) is 1.43. The van der Waals surface area contributed by atoms with Gasteiger partial charge in [0.15, 0.2) is 0 Å². The number of H-pyrrole nitrogens is 1. The molecule has 0 unspecified atom stereocenters. The largest absolute Gasteiger partial charge is 0.492 e. The Morgan fingerprint density at radius 1 is 1.35 bits per heavy atom. The fraction of sp³-hybridized carbons (Fsp3) is 0.438. The summed E-state index contributed by atoms with van der Waals surface area (Å²) in [4.78, 5) is 4.42. The molecule has 2 heterocycles. The number of anilines is 1. The number of tetrazole rings is 1. The van der Waals surface area contributed by atoms with E-state index in [1.807, 2.05) is 26.2 Å². The number of nitrogens with zero attached hydrogens (tertiary/aromatic N) is 5. The Morgan fingerprint density at radius 2 is 2.26 bits per heavy atom. The second-order valence-corrected chi connectivity index (χ2v) is 5.77. The number of benzene rings is 1. The van der Waals surface area contributed by atoms with Gasteiger partial charge >= 0.3 is 0 Å². The van der Waals surface area contributed by atoms with Gasteiger partial charge in [0.1, 0.15) is 12.4 Å². The lowest BCUT2D eigenvalue weighted by Gasteiger charge is -2.26. The van der Waals surface area contributed by atoms with Crippen molar-refractivity contribution >= 4 is 11.3 Å². The van der Waals surface area contributed by atoms with E-state index in [2.05, 4.69) is 48.6 Å². The van der Waals surface area contributed by atoms with E-state index in [1.54, 1.807) is 0 Å². The number of nitrogens with one attached hydrogen (secondary N) is 1. The highest BCUT2D eigenvalue weighted by molar-refractivity contribution is 5.61. The molecule has 0 saturated heterocycles. The van der Waals surface area contributed by atoms with Crippen LogP contribution in [0.2, 0.25) is 0 Å². The maximum atomic E-state index is 5.89. The lowest BCUT2D eigenvalue weighted by atomic mass is 10.1. The summed E-state index contributed by atoms with van der Waals surface area (Å²) in [5.41, 5.74) is 2.27. The van der Waals surface area contributed by atoms with Crippen LogP contribution in [0.4, 0.5) is 5.69 Å². The fourth-order valence-electron chi connectivity index (χ4n) is 2.60. The molecule has 0 atom stereocenters. The molecular weight excluding hydrogens is 292 g/mol. The van der Waals surface area contributed by atoms with E-state index in [0.717, 1.165) is 43.1 Å². The Balaban J connectivity index is 1.49. The zero-order valence-corrected chi connectivity index (χ0v) is 13.6. The molecule has 0 amide bonds. The van der Waals surface area contributed by atoms with Gasteiger partial charge in [-0.25, -0.2) is 0 Å². The van der Waals surface area contributed by atoms with Crippen LogP contribution in [0, 0.1) is 0 Å². The zero-order valence-electron chi connectivity index (χ0n) is 13.6. The van der Waals surface area contributed by atoms with Crippen LogP contribution in [0.15, 0.2) is 30.3 Å². The summed E-state index contributed by atoms with van der Waals surface area (Å²) in [5.74, 6) is 1.59. The standard InChI is InChI=1S/C16H22N6O/c1-21(2)14-6-3-7-15(11-14)23-10-9-22-8-4-5-13(12-22)16-17-19-20-18-16/h3,5-7,11H,4,8-10,12H2,1-2H3,(H,17,18,19,20). The number of ether oxygens (including phenoxy) is 1. The molecule has 0 saturated carbocycles. The minimum absolute atomic E-state index is 0.663. The quantitative estimate of drug-likeness (QED) is 0.870. The highest BCUT2D eigenvalue weighted by atomic mass is 16.5. The number of hydrogen-bond acceptors (Lipinski definition) is 6. The molecule has 7 heteroatoms. The average molecular weight is 314 g/mol. The van der Waals surface area contributed by atoms with Crippen molar-refractivity contribution in [3.8, 4) is 5.75 Å². The van der Waals surface area contributed by atoms with Gasteiger partial charge in [-0.15, -0.1) is 10.2 Å². The summed E-state index contributed by atoms with van der Waals surface area (Å²) in [7, 11) is 4.05. The topological polar surface area (TPSA) is 70.2 Å². The van der Waals surface area contributed by atoms with E-state index in [4.69, 9.17) is 4.74 Å². The lowest BCUT2D eigenvalue weighted by molar-refractivity contribution is 0.223. The van der Waals surface area contributed by atoms with Crippen molar-refractivity contribution in [1.82, 2.24) is 25.5 Å². The second kappa shape index (κ2) is 7.23. The first kappa shape index (κ1) is 15.5. The lowest BCUT2D eigenvalue weighted by Crippen LogP contribution is -2.33. The minimum atomic E-state index is 0.663. The van der Waals surface area contributed by atoms with E-state index >= 15 is 0 Å². The molecule has 0 fully saturated rings. The third-order valence-corrected chi connectivity index (χ3v) is 3.87. The Bertz CT molecular complexity index is 652. The first-order chi connectivity index (χ1) is 11.2. The van der Waals surface area contributed by atoms with Gasteiger partial charge in [-0.2, -0.15) is 5.21 Å². The summed E-state index contributed by atoms with van der Waals surface area (Å²) in [6, 6.07) is 8.14. The van der Waals surface area contributed by atoms with Gasteiger partial charge in [-0.05, 0) is 23.8 Å². The molecule has 2 aromatic rings. The summed E-state index contributed by atoms with van der Waals surface area (Å²) in [5, 5.41) is 14.2. The summed E-state index contributed by atoms with van der Waals surface area (Å²) in [6.07, 6.45) is 3.18. The fourth-order valence-corrected chi connectivity index (χ4v) is 2.60. The molecule has 122 valence electrons. The smallest absolute Gasteiger partial charge is 0.201 e. The van der Waals surface area contributed by atoms with Crippen molar-refractivity contribution in [2.24, 2.45) is 0 Å². The summed E-state index contributed by atoms with van der Waals surface area (Å²) >= 11 is 0. The summed E-state index contributed by atoms with van der Waals surface area (Å²) < 4.78 is 5.89. The van der Waals surface area contributed by atoms with Crippen molar-refractivity contribution in [2.45, 2.75) is 6.42 Å². The van der Waals surface area contributed by atoms with Crippen molar-refractivity contribution < 1.29 is 4.74 Å². The zero-order chi connectivity index (χ0) is 16.1. The number of rotatable bonds is 6. The van der Waals surface area contributed by atoms with Crippen LogP contribution >= 0.6 is 0 Å². The van der Waals surface area contributed by atoms with E-state index in [1.165, 1.54) is 0 Å². The Kier molecular flexibility index (Phi) is 4.87. The van der Waals surface area contributed by atoms with Crippen molar-refractivity contribution in [3.63, 3.8) is 0 Å². The Labute approximate surface area is 135 Å². The van der Waals surface area contributed by atoms with Gasteiger partial charge in [-0.3, -0.25) is 4.90 Å². The van der Waals surface area contributed by atoms with E-state index in [9.17, 15) is 0 Å². The molecule has 0 bridgehead atoms. The van der Waals surface area contributed by atoms with Crippen LogP contribution in [0.5, 0.6) is 5.75 Å². The maximum Gasteiger partial charge on any atom is 0.201 e. The molecule has 1 aromatic carbocycles. The summed E-state index contributed by atoms with van der Waals surface area (Å²) in [6.45, 7) is 3.40. The molecule has 1 aliphatic rings. The number of aromatic nitrogens is 4. The van der Waals surface area contributed by atoms with Gasteiger partial charge < -0.3 is 9.64 Å². The van der Waals surface area contributed by atoms with Crippen LogP contribution in [0.25, 0.3) is 5.57 Å². The number of hydrogen-bond donors (Lipinski definition) is 1. The maximum absolute atomic E-state index is 5.89. The molecule has 0 spiro atoms. The van der Waals surface area contributed by atoms with Crippen LogP contribution < -0.4 is 9.64 Å². The van der Waals surface area contributed by atoms with Gasteiger partial charge in [0, 0.05) is 51.1 Å². The number of aromatic amines is 1. The normalized spacial score (nSPS) is 15.3. The van der Waals surface area contributed by atoms with Crippen LogP contribution in [0.3, 0.4) is 0 Å². The molecule has 7 nitrogen and oxygen atoms in total. The minimum Gasteiger partial charge on any atom is -0.492 e.